The molecule has 1 fully saturated rings. The standard InChI is InChI=1S/C17H18N2O4S/c1-9(2)14-19-12-6-5-10(7-13(12)24-14)18-8-11-15(20)22-17(3,4)23-16(11)21/h5-9,18H,1-4H3. The highest BCUT2D eigenvalue weighted by atomic mass is 32.1. The molecule has 0 radical (unpaired) electrons. The average molecular weight is 346 g/mol. The van der Waals surface area contributed by atoms with Crippen molar-refractivity contribution in [3.05, 3.63) is 35.0 Å². The second-order valence-electron chi connectivity index (χ2n) is 6.27. The minimum absolute atomic E-state index is 0.165. The summed E-state index contributed by atoms with van der Waals surface area (Å²) in [6.07, 6.45) is 1.31. The molecule has 0 saturated carbocycles. The number of thiazole rings is 1. The third kappa shape index (κ3) is 3.26. The fraction of sp³-hybridized carbons (Fsp3) is 0.353. The molecule has 0 spiro atoms. The van der Waals surface area contributed by atoms with Crippen molar-refractivity contribution in [3.8, 4) is 0 Å². The number of carbonyl (C=O) groups excluding carboxylic acids is 2. The maximum Gasteiger partial charge on any atom is 0.350 e. The van der Waals surface area contributed by atoms with Gasteiger partial charge in [0, 0.05) is 31.7 Å². The Kier molecular flexibility index (Phi) is 4.04. The summed E-state index contributed by atoms with van der Waals surface area (Å²) in [6, 6.07) is 5.67. The Morgan fingerprint density at radius 2 is 1.88 bits per heavy atom. The number of hydrogen-bond acceptors (Lipinski definition) is 7. The summed E-state index contributed by atoms with van der Waals surface area (Å²) in [7, 11) is 0. The predicted molar refractivity (Wildman–Crippen MR) is 91.7 cm³/mol. The molecular formula is C17H18N2O4S. The number of aromatic nitrogens is 1. The minimum atomic E-state index is -1.24. The molecule has 1 N–H and O–H groups in total. The summed E-state index contributed by atoms with van der Waals surface area (Å²) in [5, 5.41) is 4.02. The molecule has 1 aliphatic heterocycles. The van der Waals surface area contributed by atoms with Crippen molar-refractivity contribution in [2.24, 2.45) is 0 Å². The highest BCUT2D eigenvalue weighted by Gasteiger charge is 2.38. The molecule has 0 unspecified atom stereocenters. The predicted octanol–water partition coefficient (Wildman–Crippen LogP) is 3.55. The van der Waals surface area contributed by atoms with Gasteiger partial charge in [0.05, 0.1) is 15.2 Å². The van der Waals surface area contributed by atoms with Gasteiger partial charge in [-0.15, -0.1) is 11.3 Å². The van der Waals surface area contributed by atoms with Crippen LogP contribution >= 0.6 is 11.3 Å². The lowest BCUT2D eigenvalue weighted by molar-refractivity contribution is -0.222. The maximum atomic E-state index is 11.9. The molecule has 126 valence electrons. The summed E-state index contributed by atoms with van der Waals surface area (Å²) in [4.78, 5) is 28.4. The molecule has 3 rings (SSSR count). The number of nitrogens with zero attached hydrogens (tertiary/aromatic N) is 1. The van der Waals surface area contributed by atoms with E-state index in [1.165, 1.54) is 20.0 Å². The lowest BCUT2D eigenvalue weighted by Crippen LogP contribution is -2.42. The van der Waals surface area contributed by atoms with Crippen LogP contribution in [0.4, 0.5) is 5.69 Å². The monoisotopic (exact) mass is 346 g/mol. The largest absolute Gasteiger partial charge is 0.419 e. The van der Waals surface area contributed by atoms with Gasteiger partial charge < -0.3 is 14.8 Å². The Hall–Kier alpha value is -2.41. The van der Waals surface area contributed by atoms with Crippen LogP contribution < -0.4 is 5.32 Å². The number of carbonyl (C=O) groups is 2. The molecule has 0 amide bonds. The molecule has 0 aliphatic carbocycles. The molecule has 1 aliphatic rings. The molecule has 7 heteroatoms. The Labute approximate surface area is 143 Å². The normalized spacial score (nSPS) is 17.0. The van der Waals surface area contributed by atoms with Gasteiger partial charge in [-0.1, -0.05) is 13.8 Å². The van der Waals surface area contributed by atoms with Gasteiger partial charge in [0.15, 0.2) is 5.57 Å². The summed E-state index contributed by atoms with van der Waals surface area (Å²) < 4.78 is 11.1. The molecule has 24 heavy (non-hydrogen) atoms. The van der Waals surface area contributed by atoms with Crippen molar-refractivity contribution in [2.45, 2.75) is 39.4 Å². The lowest BCUT2D eigenvalue weighted by Gasteiger charge is -2.29. The second-order valence-corrected chi connectivity index (χ2v) is 7.33. The van der Waals surface area contributed by atoms with Crippen molar-refractivity contribution >= 4 is 39.2 Å². The van der Waals surface area contributed by atoms with E-state index in [2.05, 4.69) is 24.1 Å². The number of anilines is 1. The number of benzene rings is 1. The number of esters is 2. The zero-order valence-corrected chi connectivity index (χ0v) is 14.7. The SMILES string of the molecule is CC(C)c1nc2ccc(NC=C3C(=O)OC(C)(C)OC3=O)cc2s1. The fourth-order valence-electron chi connectivity index (χ4n) is 2.21. The van der Waals surface area contributed by atoms with E-state index in [-0.39, 0.29) is 5.57 Å². The van der Waals surface area contributed by atoms with Crippen LogP contribution in [0.1, 0.15) is 38.6 Å². The van der Waals surface area contributed by atoms with Gasteiger partial charge in [-0.2, -0.15) is 0 Å². The summed E-state index contributed by atoms with van der Waals surface area (Å²) in [5.41, 5.74) is 1.51. The van der Waals surface area contributed by atoms with E-state index in [1.807, 2.05) is 18.2 Å². The number of hydrogen-bond donors (Lipinski definition) is 1. The van der Waals surface area contributed by atoms with Gasteiger partial charge in [-0.3, -0.25) is 0 Å². The first kappa shape index (κ1) is 16.4. The van der Waals surface area contributed by atoms with E-state index in [1.54, 1.807) is 11.3 Å². The van der Waals surface area contributed by atoms with Crippen LogP contribution in [-0.4, -0.2) is 22.7 Å². The van der Waals surface area contributed by atoms with Crippen molar-refractivity contribution < 1.29 is 19.1 Å². The van der Waals surface area contributed by atoms with E-state index in [4.69, 9.17) is 9.47 Å². The molecule has 1 saturated heterocycles. The second kappa shape index (κ2) is 5.90. The number of nitrogens with one attached hydrogen (secondary N) is 1. The number of ether oxygens (including phenoxy) is 2. The van der Waals surface area contributed by atoms with Crippen molar-refractivity contribution in [1.82, 2.24) is 4.98 Å². The molecule has 1 aromatic carbocycles. The maximum absolute atomic E-state index is 11.9. The number of fused-ring (bicyclic) bond motifs is 1. The van der Waals surface area contributed by atoms with E-state index < -0.39 is 17.7 Å². The molecule has 2 aromatic rings. The quantitative estimate of drug-likeness (QED) is 0.520. The van der Waals surface area contributed by atoms with Crippen LogP contribution in [0.2, 0.25) is 0 Å². The van der Waals surface area contributed by atoms with Crippen LogP contribution in [0.3, 0.4) is 0 Å². The Morgan fingerprint density at radius 3 is 2.50 bits per heavy atom. The first-order valence-corrected chi connectivity index (χ1v) is 8.41. The topological polar surface area (TPSA) is 77.5 Å². The fourth-order valence-corrected chi connectivity index (χ4v) is 3.22. The Morgan fingerprint density at radius 1 is 1.21 bits per heavy atom. The van der Waals surface area contributed by atoms with Gasteiger partial charge in [0.2, 0.25) is 0 Å². The van der Waals surface area contributed by atoms with Gasteiger partial charge in [0.1, 0.15) is 0 Å². The third-order valence-electron chi connectivity index (χ3n) is 3.40. The van der Waals surface area contributed by atoms with E-state index in [0.29, 0.717) is 5.92 Å². The molecular weight excluding hydrogens is 328 g/mol. The molecule has 6 nitrogen and oxygen atoms in total. The van der Waals surface area contributed by atoms with Crippen LogP contribution in [0.5, 0.6) is 0 Å². The van der Waals surface area contributed by atoms with Gasteiger partial charge in [0.25, 0.3) is 5.79 Å². The van der Waals surface area contributed by atoms with Crippen LogP contribution in [0.25, 0.3) is 10.2 Å². The van der Waals surface area contributed by atoms with Gasteiger partial charge in [-0.05, 0) is 18.2 Å². The first-order valence-electron chi connectivity index (χ1n) is 7.59. The van der Waals surface area contributed by atoms with E-state index >= 15 is 0 Å². The number of cyclic esters (lactones) is 2. The third-order valence-corrected chi connectivity index (χ3v) is 4.72. The van der Waals surface area contributed by atoms with Crippen molar-refractivity contribution in [2.75, 3.05) is 5.32 Å². The van der Waals surface area contributed by atoms with Crippen molar-refractivity contribution in [3.63, 3.8) is 0 Å². The van der Waals surface area contributed by atoms with Crippen LogP contribution in [-0.2, 0) is 19.1 Å². The highest BCUT2D eigenvalue weighted by molar-refractivity contribution is 7.18. The molecule has 1 aromatic heterocycles. The Bertz CT molecular complexity index is 829. The van der Waals surface area contributed by atoms with E-state index in [9.17, 15) is 9.59 Å². The van der Waals surface area contributed by atoms with E-state index in [0.717, 1.165) is 20.9 Å². The summed E-state index contributed by atoms with van der Waals surface area (Å²) >= 11 is 1.63. The number of rotatable bonds is 3. The zero-order chi connectivity index (χ0) is 17.5. The summed E-state index contributed by atoms with van der Waals surface area (Å²) in [6.45, 7) is 7.22. The van der Waals surface area contributed by atoms with Crippen LogP contribution in [0, 0.1) is 0 Å². The molecule has 2 heterocycles. The Balaban J connectivity index is 1.82. The smallest absolute Gasteiger partial charge is 0.350 e. The minimum Gasteiger partial charge on any atom is -0.419 e. The van der Waals surface area contributed by atoms with Crippen molar-refractivity contribution in [1.29, 1.82) is 0 Å². The average Bonchev–Trinajstić information content (AvgIpc) is 2.88. The zero-order valence-electron chi connectivity index (χ0n) is 13.9. The first-order chi connectivity index (χ1) is 11.2. The molecule has 0 bridgehead atoms. The van der Waals surface area contributed by atoms with Gasteiger partial charge in [-0.25, -0.2) is 14.6 Å². The van der Waals surface area contributed by atoms with Crippen LogP contribution in [0.15, 0.2) is 30.0 Å². The van der Waals surface area contributed by atoms with Gasteiger partial charge >= 0.3 is 11.9 Å². The lowest BCUT2D eigenvalue weighted by atomic mass is 10.2. The molecule has 0 atom stereocenters. The highest BCUT2D eigenvalue weighted by Crippen LogP contribution is 2.29. The summed E-state index contributed by atoms with van der Waals surface area (Å²) in [5.74, 6) is -2.27.